The van der Waals surface area contributed by atoms with Crippen LogP contribution in [0.2, 0.25) is 0 Å². The van der Waals surface area contributed by atoms with Crippen molar-refractivity contribution in [1.82, 2.24) is 0 Å². The van der Waals surface area contributed by atoms with Crippen molar-refractivity contribution in [2.75, 3.05) is 0 Å². The summed E-state index contributed by atoms with van der Waals surface area (Å²) in [5.74, 6) is 0.595. The lowest BCUT2D eigenvalue weighted by atomic mass is 9.76. The molecule has 0 aliphatic rings. The van der Waals surface area contributed by atoms with E-state index >= 15 is 0 Å². The first kappa shape index (κ1) is 14.9. The highest BCUT2D eigenvalue weighted by atomic mass is 16.5. The standard InChI is InChI=1S/C19H19NO/c1-4-9-16-17(12-8-13-18(16)21-14-20)19(2,3)15-10-6-5-7-11-15/h4-13H,1-3H3. The van der Waals surface area contributed by atoms with Gasteiger partial charge in [0.15, 0.2) is 0 Å². The van der Waals surface area contributed by atoms with Gasteiger partial charge >= 0.3 is 0 Å². The summed E-state index contributed by atoms with van der Waals surface area (Å²) >= 11 is 0. The summed E-state index contributed by atoms with van der Waals surface area (Å²) in [6.07, 6.45) is 5.72. The van der Waals surface area contributed by atoms with Crippen LogP contribution in [0, 0.1) is 11.5 Å². The zero-order chi connectivity index (χ0) is 15.3. The van der Waals surface area contributed by atoms with Gasteiger partial charge in [0.25, 0.3) is 6.26 Å². The third kappa shape index (κ3) is 2.98. The number of nitrogens with zero attached hydrogens (tertiary/aromatic N) is 1. The second-order valence-electron chi connectivity index (χ2n) is 5.40. The van der Waals surface area contributed by atoms with Crippen LogP contribution in [-0.2, 0) is 5.41 Å². The quantitative estimate of drug-likeness (QED) is 0.744. The first-order valence-electron chi connectivity index (χ1n) is 6.99. The highest BCUT2D eigenvalue weighted by Crippen LogP contribution is 2.37. The molecule has 2 heteroatoms. The number of rotatable bonds is 4. The maximum Gasteiger partial charge on any atom is 0.292 e. The van der Waals surface area contributed by atoms with Crippen molar-refractivity contribution < 1.29 is 4.74 Å². The zero-order valence-electron chi connectivity index (χ0n) is 12.6. The van der Waals surface area contributed by atoms with Gasteiger partial charge in [-0.25, -0.2) is 0 Å². The number of nitriles is 1. The van der Waals surface area contributed by atoms with E-state index in [2.05, 4.69) is 32.0 Å². The minimum absolute atomic E-state index is 0.176. The van der Waals surface area contributed by atoms with Crippen LogP contribution < -0.4 is 4.74 Å². The molecule has 0 N–H and O–H groups in total. The normalized spacial score (nSPS) is 11.3. The topological polar surface area (TPSA) is 33.0 Å². The van der Waals surface area contributed by atoms with Crippen LogP contribution in [0.5, 0.6) is 5.75 Å². The predicted molar refractivity (Wildman–Crippen MR) is 86.0 cm³/mol. The summed E-state index contributed by atoms with van der Waals surface area (Å²) in [5, 5.41) is 8.83. The molecule has 2 aromatic rings. The summed E-state index contributed by atoms with van der Waals surface area (Å²) < 4.78 is 5.12. The third-order valence-electron chi connectivity index (χ3n) is 3.72. The fourth-order valence-electron chi connectivity index (χ4n) is 2.58. The maximum absolute atomic E-state index is 8.83. The third-order valence-corrected chi connectivity index (χ3v) is 3.72. The summed E-state index contributed by atoms with van der Waals surface area (Å²) in [4.78, 5) is 0. The average molecular weight is 277 g/mol. The summed E-state index contributed by atoms with van der Waals surface area (Å²) in [6, 6.07) is 16.2. The van der Waals surface area contributed by atoms with E-state index in [9.17, 15) is 0 Å². The van der Waals surface area contributed by atoms with Crippen molar-refractivity contribution in [3.8, 4) is 12.0 Å². The van der Waals surface area contributed by atoms with Gasteiger partial charge in [-0.05, 0) is 24.1 Å². The molecule has 0 aromatic heterocycles. The van der Waals surface area contributed by atoms with Crippen molar-refractivity contribution in [2.45, 2.75) is 26.2 Å². The van der Waals surface area contributed by atoms with Crippen LogP contribution in [0.3, 0.4) is 0 Å². The van der Waals surface area contributed by atoms with E-state index in [1.54, 1.807) is 6.26 Å². The second-order valence-corrected chi connectivity index (χ2v) is 5.40. The molecule has 0 bridgehead atoms. The molecule has 0 radical (unpaired) electrons. The lowest BCUT2D eigenvalue weighted by Crippen LogP contribution is -2.20. The van der Waals surface area contributed by atoms with Crippen molar-refractivity contribution in [1.29, 1.82) is 5.26 Å². The van der Waals surface area contributed by atoms with Crippen molar-refractivity contribution in [2.24, 2.45) is 0 Å². The molecule has 0 atom stereocenters. The smallest absolute Gasteiger partial charge is 0.292 e. The maximum atomic E-state index is 8.83. The largest absolute Gasteiger partial charge is 0.387 e. The molecule has 2 rings (SSSR count). The number of ether oxygens (including phenoxy) is 1. The van der Waals surface area contributed by atoms with E-state index < -0.39 is 0 Å². The Balaban J connectivity index is 2.63. The summed E-state index contributed by atoms with van der Waals surface area (Å²) in [7, 11) is 0. The lowest BCUT2D eigenvalue weighted by molar-refractivity contribution is 0.502. The Kier molecular flexibility index (Phi) is 4.45. The molecular formula is C19H19NO. The minimum atomic E-state index is -0.176. The predicted octanol–water partition coefficient (Wildman–Crippen LogP) is 4.91. The Bertz CT molecular complexity index is 678. The molecular weight excluding hydrogens is 258 g/mol. The van der Waals surface area contributed by atoms with Gasteiger partial charge in [0.1, 0.15) is 5.75 Å². The van der Waals surface area contributed by atoms with E-state index in [-0.39, 0.29) is 5.41 Å². The molecule has 106 valence electrons. The van der Waals surface area contributed by atoms with Gasteiger partial charge in [-0.2, -0.15) is 0 Å². The Morgan fingerprint density at radius 3 is 2.38 bits per heavy atom. The van der Waals surface area contributed by atoms with E-state index in [0.29, 0.717) is 5.75 Å². The Labute approximate surface area is 126 Å². The first-order chi connectivity index (χ1) is 10.1. The van der Waals surface area contributed by atoms with Crippen LogP contribution >= 0.6 is 0 Å². The highest BCUT2D eigenvalue weighted by molar-refractivity contribution is 5.64. The van der Waals surface area contributed by atoms with E-state index in [4.69, 9.17) is 10.00 Å². The zero-order valence-corrected chi connectivity index (χ0v) is 12.6. The lowest BCUT2D eigenvalue weighted by Gasteiger charge is -2.28. The summed E-state index contributed by atoms with van der Waals surface area (Å²) in [5.41, 5.74) is 3.14. The van der Waals surface area contributed by atoms with E-state index in [1.807, 2.05) is 49.4 Å². The highest BCUT2D eigenvalue weighted by Gasteiger charge is 2.26. The Hall–Kier alpha value is -2.53. The molecule has 21 heavy (non-hydrogen) atoms. The van der Waals surface area contributed by atoms with Crippen molar-refractivity contribution in [3.63, 3.8) is 0 Å². The molecule has 0 amide bonds. The molecule has 0 aliphatic carbocycles. The molecule has 2 nitrogen and oxygen atoms in total. The van der Waals surface area contributed by atoms with Gasteiger partial charge in [0, 0.05) is 11.0 Å². The minimum Gasteiger partial charge on any atom is -0.387 e. The Morgan fingerprint density at radius 1 is 1.05 bits per heavy atom. The number of allylic oxidation sites excluding steroid dienone is 1. The molecule has 0 heterocycles. The molecule has 0 fully saturated rings. The number of benzene rings is 2. The van der Waals surface area contributed by atoms with Gasteiger partial charge in [0.2, 0.25) is 0 Å². The van der Waals surface area contributed by atoms with Gasteiger partial charge < -0.3 is 4.74 Å². The Morgan fingerprint density at radius 2 is 1.76 bits per heavy atom. The fraction of sp³-hybridized carbons (Fsp3) is 0.211. The second kappa shape index (κ2) is 6.28. The summed E-state index contributed by atoms with van der Waals surface area (Å²) in [6.45, 7) is 6.32. The van der Waals surface area contributed by atoms with E-state index in [0.717, 1.165) is 11.1 Å². The van der Waals surface area contributed by atoms with Crippen LogP contribution in [-0.4, -0.2) is 0 Å². The van der Waals surface area contributed by atoms with Gasteiger partial charge in [-0.3, -0.25) is 0 Å². The first-order valence-corrected chi connectivity index (χ1v) is 6.99. The average Bonchev–Trinajstić information content (AvgIpc) is 2.50. The van der Waals surface area contributed by atoms with Gasteiger partial charge in [-0.15, -0.1) is 5.26 Å². The molecule has 0 spiro atoms. The molecule has 0 unspecified atom stereocenters. The van der Waals surface area contributed by atoms with Crippen molar-refractivity contribution >= 4 is 6.08 Å². The van der Waals surface area contributed by atoms with Crippen molar-refractivity contribution in [3.05, 3.63) is 71.3 Å². The van der Waals surface area contributed by atoms with Crippen LogP contribution in [0.15, 0.2) is 54.6 Å². The molecule has 2 aromatic carbocycles. The van der Waals surface area contributed by atoms with Crippen LogP contribution in [0.25, 0.3) is 6.08 Å². The fourth-order valence-corrected chi connectivity index (χ4v) is 2.58. The van der Waals surface area contributed by atoms with Crippen LogP contribution in [0.4, 0.5) is 0 Å². The molecule has 0 aliphatic heterocycles. The van der Waals surface area contributed by atoms with E-state index in [1.165, 1.54) is 5.56 Å². The monoisotopic (exact) mass is 277 g/mol. The van der Waals surface area contributed by atoms with Gasteiger partial charge in [-0.1, -0.05) is 68.5 Å². The molecule has 0 saturated carbocycles. The molecule has 0 saturated heterocycles. The SMILES string of the molecule is CC=Cc1c(OC#N)cccc1C(C)(C)c1ccccc1. The van der Waals surface area contributed by atoms with Crippen LogP contribution in [0.1, 0.15) is 37.5 Å². The van der Waals surface area contributed by atoms with Gasteiger partial charge in [0.05, 0.1) is 0 Å². The number of hydrogen-bond acceptors (Lipinski definition) is 2. The number of hydrogen-bond donors (Lipinski definition) is 0.